The highest BCUT2D eigenvalue weighted by Gasteiger charge is 2.34. The van der Waals surface area contributed by atoms with E-state index in [4.69, 9.17) is 0 Å². The smallest absolute Gasteiger partial charge is 0.0352 e. The Balaban J connectivity index is 0.980. The Morgan fingerprint density at radius 3 is 1.64 bits per heavy atom. The van der Waals surface area contributed by atoms with Gasteiger partial charge in [-0.2, -0.15) is 0 Å². The minimum absolute atomic E-state index is 0.193. The van der Waals surface area contributed by atoms with Crippen LogP contribution in [0.25, 0.3) is 66.4 Å². The molecule has 9 aromatic rings. The molecule has 0 saturated carbocycles. The Hall–Kier alpha value is -6.76. The molecule has 0 aliphatic heterocycles. The van der Waals surface area contributed by atoms with Gasteiger partial charge in [0, 0.05) is 11.8 Å². The predicted molar refractivity (Wildman–Crippen MR) is 229 cm³/mol. The molecule has 2 unspecified atom stereocenters. The van der Waals surface area contributed by atoms with Crippen molar-refractivity contribution in [2.75, 3.05) is 0 Å². The maximum atomic E-state index is 2.53. The predicted octanol–water partition coefficient (Wildman–Crippen LogP) is 14.1. The molecule has 3 aliphatic carbocycles. The van der Waals surface area contributed by atoms with Crippen molar-refractivity contribution in [1.82, 2.24) is 0 Å². The monoisotopic (exact) mass is 696 g/mol. The molecule has 12 rings (SSSR count). The molecule has 0 heteroatoms. The van der Waals surface area contributed by atoms with Gasteiger partial charge in [-0.25, -0.2) is 0 Å². The zero-order chi connectivity index (χ0) is 36.0. The van der Waals surface area contributed by atoms with E-state index >= 15 is 0 Å². The molecule has 3 aliphatic rings. The van der Waals surface area contributed by atoms with E-state index in [2.05, 4.69) is 194 Å². The van der Waals surface area contributed by atoms with Crippen LogP contribution in [0.5, 0.6) is 0 Å². The quantitative estimate of drug-likeness (QED) is 0.172. The molecule has 0 amide bonds. The highest BCUT2D eigenvalue weighted by Crippen LogP contribution is 2.54. The number of benzene rings is 9. The van der Waals surface area contributed by atoms with Gasteiger partial charge in [-0.3, -0.25) is 0 Å². The summed E-state index contributed by atoms with van der Waals surface area (Å²) in [5.41, 5.74) is 24.4. The molecule has 0 N–H and O–H groups in total. The average molecular weight is 697 g/mol. The second-order valence-corrected chi connectivity index (χ2v) is 15.6. The van der Waals surface area contributed by atoms with Crippen LogP contribution in [0.2, 0.25) is 0 Å². The number of rotatable bonds is 4. The fourth-order valence-corrected chi connectivity index (χ4v) is 10.0. The summed E-state index contributed by atoms with van der Waals surface area (Å²) in [6.07, 6.45) is 1.000. The molecule has 55 heavy (non-hydrogen) atoms. The summed E-state index contributed by atoms with van der Waals surface area (Å²) < 4.78 is 0. The molecule has 2 atom stereocenters. The SMILES string of the molecule is c1ccc(-c2ccc(C3c4ccccc4-c4cc(-c5ccc6c(c5)-c5cc7c(cc5C6c5ccc6ccccc6c5)Cc5ccccc5-7)ccc43)cc2)cc1. The maximum absolute atomic E-state index is 2.53. The first kappa shape index (κ1) is 30.7. The zero-order valence-corrected chi connectivity index (χ0v) is 30.3. The fraction of sp³-hybridized carbons (Fsp3) is 0.0545. The van der Waals surface area contributed by atoms with Crippen molar-refractivity contribution in [2.24, 2.45) is 0 Å². The van der Waals surface area contributed by atoms with Crippen molar-refractivity contribution in [2.45, 2.75) is 18.3 Å². The average Bonchev–Trinajstić information content (AvgIpc) is 3.89. The molecule has 0 aromatic heterocycles. The van der Waals surface area contributed by atoms with Gasteiger partial charge < -0.3 is 0 Å². The maximum Gasteiger partial charge on any atom is 0.0352 e. The summed E-state index contributed by atoms with van der Waals surface area (Å²) in [5, 5.41) is 2.58. The van der Waals surface area contributed by atoms with Gasteiger partial charge in [-0.05, 0) is 136 Å². The van der Waals surface area contributed by atoms with Crippen molar-refractivity contribution in [3.8, 4) is 55.6 Å². The Labute approximate surface area is 322 Å². The lowest BCUT2D eigenvalue weighted by molar-refractivity contribution is 1.01. The van der Waals surface area contributed by atoms with Crippen molar-refractivity contribution < 1.29 is 0 Å². The van der Waals surface area contributed by atoms with Crippen LogP contribution in [0.4, 0.5) is 0 Å². The first-order valence-corrected chi connectivity index (χ1v) is 19.5. The third-order valence-electron chi connectivity index (χ3n) is 12.6. The fourth-order valence-electron chi connectivity index (χ4n) is 10.0. The third-order valence-corrected chi connectivity index (χ3v) is 12.6. The van der Waals surface area contributed by atoms with Crippen LogP contribution >= 0.6 is 0 Å². The van der Waals surface area contributed by atoms with Crippen LogP contribution in [-0.2, 0) is 6.42 Å². The molecule has 0 nitrogen and oxygen atoms in total. The topological polar surface area (TPSA) is 0 Å². The van der Waals surface area contributed by atoms with E-state index in [1.54, 1.807) is 0 Å². The molecule has 0 bridgehead atoms. The van der Waals surface area contributed by atoms with E-state index in [-0.39, 0.29) is 11.8 Å². The summed E-state index contributed by atoms with van der Waals surface area (Å²) in [6.45, 7) is 0. The van der Waals surface area contributed by atoms with E-state index in [0.29, 0.717) is 0 Å². The van der Waals surface area contributed by atoms with E-state index < -0.39 is 0 Å². The van der Waals surface area contributed by atoms with Crippen molar-refractivity contribution in [3.63, 3.8) is 0 Å². The highest BCUT2D eigenvalue weighted by molar-refractivity contribution is 5.92. The number of fused-ring (bicyclic) bond motifs is 10. The van der Waals surface area contributed by atoms with E-state index in [1.807, 2.05) is 0 Å². The van der Waals surface area contributed by atoms with Gasteiger partial charge in [-0.15, -0.1) is 0 Å². The molecular weight excluding hydrogens is 661 g/mol. The lowest BCUT2D eigenvalue weighted by Gasteiger charge is -2.17. The highest BCUT2D eigenvalue weighted by atomic mass is 14.4. The number of hydrogen-bond acceptors (Lipinski definition) is 0. The van der Waals surface area contributed by atoms with E-state index in [9.17, 15) is 0 Å². The van der Waals surface area contributed by atoms with Gasteiger partial charge >= 0.3 is 0 Å². The second-order valence-electron chi connectivity index (χ2n) is 15.6. The van der Waals surface area contributed by atoms with Gasteiger partial charge in [0.1, 0.15) is 0 Å². The molecule has 0 radical (unpaired) electrons. The third kappa shape index (κ3) is 4.71. The first-order valence-electron chi connectivity index (χ1n) is 19.5. The Kier molecular flexibility index (Phi) is 6.62. The number of hydrogen-bond donors (Lipinski definition) is 0. The molecule has 0 spiro atoms. The lowest BCUT2D eigenvalue weighted by atomic mass is 9.86. The standard InChI is InChI=1S/C55H36/c1-2-10-34(11-3-1)36-18-21-37(22-19-36)54-46-17-9-8-16-45(46)50-30-39(24-26-47(50)54)40-25-27-48-51(31-40)52-33-49-43(29-41-14-6-7-15-44(41)49)32-53(52)55(48)42-23-20-35-12-4-5-13-38(35)28-42/h1-28,30-33,54-55H,29H2. The largest absolute Gasteiger partial charge is 0.0622 e. The van der Waals surface area contributed by atoms with E-state index in [1.165, 1.54) is 111 Å². The molecule has 0 fully saturated rings. The zero-order valence-electron chi connectivity index (χ0n) is 30.3. The Bertz CT molecular complexity index is 3000. The minimum Gasteiger partial charge on any atom is -0.0622 e. The summed E-state index contributed by atoms with van der Waals surface area (Å²) in [7, 11) is 0. The Morgan fingerprint density at radius 2 is 0.836 bits per heavy atom. The van der Waals surface area contributed by atoms with Gasteiger partial charge in [0.15, 0.2) is 0 Å². The van der Waals surface area contributed by atoms with E-state index in [0.717, 1.165) is 6.42 Å². The van der Waals surface area contributed by atoms with Gasteiger partial charge in [0.25, 0.3) is 0 Å². The lowest BCUT2D eigenvalue weighted by Crippen LogP contribution is -2.00. The van der Waals surface area contributed by atoms with Gasteiger partial charge in [0.2, 0.25) is 0 Å². The van der Waals surface area contributed by atoms with Crippen LogP contribution < -0.4 is 0 Å². The summed E-state index contributed by atoms with van der Waals surface area (Å²) in [5.74, 6) is 0.406. The molecular formula is C55H36. The summed E-state index contributed by atoms with van der Waals surface area (Å²) >= 11 is 0. The van der Waals surface area contributed by atoms with Crippen LogP contribution in [0.15, 0.2) is 194 Å². The van der Waals surface area contributed by atoms with Crippen LogP contribution in [0.1, 0.15) is 56.3 Å². The van der Waals surface area contributed by atoms with Crippen LogP contribution in [0, 0.1) is 0 Å². The van der Waals surface area contributed by atoms with Crippen LogP contribution in [0.3, 0.4) is 0 Å². The first-order chi connectivity index (χ1) is 27.2. The van der Waals surface area contributed by atoms with Crippen molar-refractivity contribution in [1.29, 1.82) is 0 Å². The normalized spacial score (nSPS) is 15.6. The van der Waals surface area contributed by atoms with Gasteiger partial charge in [-0.1, -0.05) is 176 Å². The second kappa shape index (κ2) is 11.9. The molecule has 9 aromatic carbocycles. The van der Waals surface area contributed by atoms with Gasteiger partial charge in [0.05, 0.1) is 0 Å². The molecule has 0 heterocycles. The van der Waals surface area contributed by atoms with Crippen molar-refractivity contribution in [3.05, 3.63) is 239 Å². The summed E-state index contributed by atoms with van der Waals surface area (Å²) in [6, 6.07) is 73.1. The minimum atomic E-state index is 0.193. The van der Waals surface area contributed by atoms with Crippen LogP contribution in [-0.4, -0.2) is 0 Å². The Morgan fingerprint density at radius 1 is 0.273 bits per heavy atom. The summed E-state index contributed by atoms with van der Waals surface area (Å²) in [4.78, 5) is 0. The van der Waals surface area contributed by atoms with Crippen molar-refractivity contribution >= 4 is 10.8 Å². The molecule has 0 saturated heterocycles. The molecule has 256 valence electrons.